The first-order valence-electron chi connectivity index (χ1n) is 11.9. The summed E-state index contributed by atoms with van der Waals surface area (Å²) in [5.41, 5.74) is 0.357. The Morgan fingerprint density at radius 1 is 1.25 bits per heavy atom. The predicted octanol–water partition coefficient (Wildman–Crippen LogP) is 2.46. The molecular weight excluding hydrogens is 489 g/mol. The van der Waals surface area contributed by atoms with Crippen molar-refractivity contribution in [2.24, 2.45) is 5.92 Å². The van der Waals surface area contributed by atoms with E-state index in [1.165, 1.54) is 24.9 Å². The van der Waals surface area contributed by atoms with E-state index in [1.54, 1.807) is 19.1 Å². The summed E-state index contributed by atoms with van der Waals surface area (Å²) in [6.07, 6.45) is 5.51. The van der Waals surface area contributed by atoms with E-state index < -0.39 is 17.1 Å². The summed E-state index contributed by atoms with van der Waals surface area (Å²) < 4.78 is 35.7. The van der Waals surface area contributed by atoms with Gasteiger partial charge in [-0.2, -0.15) is 0 Å². The lowest BCUT2D eigenvalue weighted by molar-refractivity contribution is -0.121. The number of rotatable bonds is 16. The first-order valence-corrected chi connectivity index (χ1v) is 12.8. The minimum atomic E-state index is -0.558. The van der Waals surface area contributed by atoms with Crippen LogP contribution in [0.4, 0.5) is 9.18 Å². The summed E-state index contributed by atoms with van der Waals surface area (Å²) in [6.45, 7) is 6.39. The Labute approximate surface area is 216 Å². The molecule has 0 aromatic heterocycles. The number of carbonyl (C=O) groups is 2. The molecule has 4 atom stereocenters. The van der Waals surface area contributed by atoms with E-state index in [2.05, 4.69) is 21.9 Å². The number of hydrogen-bond donors (Lipinski definition) is 3. The van der Waals surface area contributed by atoms with Crippen molar-refractivity contribution in [2.45, 2.75) is 36.9 Å². The van der Waals surface area contributed by atoms with Gasteiger partial charge in [0.25, 0.3) is 0 Å². The van der Waals surface area contributed by atoms with Gasteiger partial charge in [0, 0.05) is 30.7 Å². The molecule has 1 saturated heterocycles. The first-order chi connectivity index (χ1) is 17.3. The lowest BCUT2D eigenvalue weighted by atomic mass is 10.1. The highest BCUT2D eigenvalue weighted by Gasteiger charge is 2.31. The molecular formula is C25H36FN3O6S. The Morgan fingerprint density at radius 3 is 2.61 bits per heavy atom. The fourth-order valence-electron chi connectivity index (χ4n) is 3.42. The van der Waals surface area contributed by atoms with E-state index in [0.29, 0.717) is 57.3 Å². The maximum absolute atomic E-state index is 14.5. The molecule has 0 bridgehead atoms. The fourth-order valence-corrected chi connectivity index (χ4v) is 4.74. The van der Waals surface area contributed by atoms with Crippen molar-refractivity contribution in [3.63, 3.8) is 0 Å². The summed E-state index contributed by atoms with van der Waals surface area (Å²) in [5.74, 6) is 2.18. The molecule has 0 aliphatic carbocycles. The Kier molecular flexibility index (Phi) is 13.4. The maximum atomic E-state index is 14.5. The number of terminal acetylenes is 1. The molecule has 3 N–H and O–H groups in total. The largest absolute Gasteiger partial charge is 0.497 e. The lowest BCUT2D eigenvalue weighted by Crippen LogP contribution is -2.53. The van der Waals surface area contributed by atoms with Gasteiger partial charge in [0.2, 0.25) is 5.91 Å². The molecule has 2 unspecified atom stereocenters. The molecule has 1 aromatic rings. The molecule has 1 aliphatic heterocycles. The van der Waals surface area contributed by atoms with Crippen LogP contribution in [0.5, 0.6) is 5.75 Å². The van der Waals surface area contributed by atoms with Crippen LogP contribution < -0.4 is 20.7 Å². The number of amides is 3. The van der Waals surface area contributed by atoms with Gasteiger partial charge in [0.15, 0.2) is 0 Å². The molecule has 2 rings (SSSR count). The second kappa shape index (κ2) is 16.3. The standard InChI is InChI=1S/C25H36FN3O6S/c1-5-9-33-11-13-35-14-12-34-10-8-22(36-24-17(2)16-27-25(31)29-24)23(30)28-18(3)20-7-6-19(32-4)15-21(20)26/h1,6-7,15,17-18,22,24H,8-14,16H2,2-4H3,(H,28,30)(H2,27,29,31)/t17?,18-,22+,24?/m1/s1. The van der Waals surface area contributed by atoms with Crippen LogP contribution in [0.2, 0.25) is 0 Å². The molecule has 200 valence electrons. The number of halogens is 1. The zero-order valence-electron chi connectivity index (χ0n) is 21.0. The Morgan fingerprint density at radius 2 is 1.94 bits per heavy atom. The molecule has 1 aliphatic rings. The summed E-state index contributed by atoms with van der Waals surface area (Å²) in [6, 6.07) is 3.71. The second-order valence-corrected chi connectivity index (χ2v) is 9.61. The van der Waals surface area contributed by atoms with Gasteiger partial charge in [-0.25, -0.2) is 9.18 Å². The molecule has 0 radical (unpaired) electrons. The van der Waals surface area contributed by atoms with Gasteiger partial charge < -0.3 is 34.9 Å². The van der Waals surface area contributed by atoms with Gasteiger partial charge in [0.05, 0.1) is 50.2 Å². The third kappa shape index (κ3) is 10.2. The van der Waals surface area contributed by atoms with Crippen LogP contribution in [0.1, 0.15) is 31.9 Å². The highest BCUT2D eigenvalue weighted by molar-refractivity contribution is 8.01. The summed E-state index contributed by atoms with van der Waals surface area (Å²) in [5, 5.41) is 7.76. The van der Waals surface area contributed by atoms with Crippen molar-refractivity contribution in [3.8, 4) is 18.1 Å². The zero-order chi connectivity index (χ0) is 26.3. The van der Waals surface area contributed by atoms with Gasteiger partial charge in [-0.05, 0) is 19.4 Å². The van der Waals surface area contributed by atoms with E-state index in [9.17, 15) is 14.0 Å². The molecule has 1 fully saturated rings. The van der Waals surface area contributed by atoms with Gasteiger partial charge in [-0.1, -0.05) is 18.9 Å². The predicted molar refractivity (Wildman–Crippen MR) is 136 cm³/mol. The van der Waals surface area contributed by atoms with Gasteiger partial charge in [0.1, 0.15) is 18.2 Å². The highest BCUT2D eigenvalue weighted by Crippen LogP contribution is 2.28. The van der Waals surface area contributed by atoms with E-state index in [4.69, 9.17) is 25.4 Å². The highest BCUT2D eigenvalue weighted by atomic mass is 32.2. The minimum absolute atomic E-state index is 0.116. The lowest BCUT2D eigenvalue weighted by Gasteiger charge is -2.32. The number of benzene rings is 1. The molecule has 36 heavy (non-hydrogen) atoms. The van der Waals surface area contributed by atoms with Gasteiger partial charge in [-0.3, -0.25) is 4.79 Å². The normalized spacial score (nSPS) is 18.9. The van der Waals surface area contributed by atoms with Crippen molar-refractivity contribution in [2.75, 3.05) is 53.3 Å². The third-order valence-corrected chi connectivity index (χ3v) is 7.12. The molecule has 9 nitrogen and oxygen atoms in total. The molecule has 11 heteroatoms. The van der Waals surface area contributed by atoms with Crippen molar-refractivity contribution >= 4 is 23.7 Å². The van der Waals surface area contributed by atoms with Gasteiger partial charge >= 0.3 is 6.03 Å². The van der Waals surface area contributed by atoms with E-state index >= 15 is 0 Å². The average molecular weight is 526 g/mol. The smallest absolute Gasteiger partial charge is 0.315 e. The first kappa shape index (κ1) is 29.7. The quantitative estimate of drug-likeness (QED) is 0.225. The monoisotopic (exact) mass is 525 g/mol. The van der Waals surface area contributed by atoms with Crippen LogP contribution in [-0.2, 0) is 19.0 Å². The number of thioether (sulfide) groups is 1. The van der Waals surface area contributed by atoms with E-state index in [-0.39, 0.29) is 29.8 Å². The molecule has 0 spiro atoms. The summed E-state index contributed by atoms with van der Waals surface area (Å²) in [7, 11) is 1.46. The Bertz CT molecular complexity index is 884. The molecule has 1 aromatic carbocycles. The molecule has 1 heterocycles. The van der Waals surface area contributed by atoms with Crippen LogP contribution in [0.15, 0.2) is 18.2 Å². The topological polar surface area (TPSA) is 107 Å². The number of hydrogen-bond acceptors (Lipinski definition) is 7. The van der Waals surface area contributed by atoms with E-state index in [0.717, 1.165) is 0 Å². The number of nitrogens with one attached hydrogen (secondary N) is 3. The van der Waals surface area contributed by atoms with E-state index in [1.807, 2.05) is 6.92 Å². The minimum Gasteiger partial charge on any atom is -0.497 e. The Hall–Kier alpha value is -2.52. The van der Waals surface area contributed by atoms with Crippen molar-refractivity contribution in [3.05, 3.63) is 29.6 Å². The number of ether oxygens (including phenoxy) is 4. The van der Waals surface area contributed by atoms with Gasteiger partial charge in [-0.15, -0.1) is 18.2 Å². The average Bonchev–Trinajstić information content (AvgIpc) is 2.86. The van der Waals surface area contributed by atoms with Crippen LogP contribution >= 0.6 is 11.8 Å². The fraction of sp³-hybridized carbons (Fsp3) is 0.600. The number of methoxy groups -OCH3 is 1. The summed E-state index contributed by atoms with van der Waals surface area (Å²) >= 11 is 1.37. The van der Waals surface area contributed by atoms with Crippen LogP contribution in [0, 0.1) is 24.1 Å². The van der Waals surface area contributed by atoms with Crippen molar-refractivity contribution in [1.29, 1.82) is 0 Å². The maximum Gasteiger partial charge on any atom is 0.315 e. The van der Waals surface area contributed by atoms with Crippen molar-refractivity contribution < 1.29 is 32.9 Å². The Balaban J connectivity index is 1.90. The number of carbonyl (C=O) groups excluding carboxylic acids is 2. The van der Waals surface area contributed by atoms with Crippen LogP contribution in [-0.4, -0.2) is 75.9 Å². The molecule has 0 saturated carbocycles. The van der Waals surface area contributed by atoms with Crippen LogP contribution in [0.25, 0.3) is 0 Å². The SMILES string of the molecule is C#CCOCCOCCOCC[C@H](SC1NC(=O)NCC1C)C(=O)N[C@H](C)c1ccc(OC)cc1F. The third-order valence-electron chi connectivity index (χ3n) is 5.46. The van der Waals surface area contributed by atoms with Crippen molar-refractivity contribution in [1.82, 2.24) is 16.0 Å². The zero-order valence-corrected chi connectivity index (χ0v) is 21.8. The molecule has 3 amide bonds. The summed E-state index contributed by atoms with van der Waals surface area (Å²) in [4.78, 5) is 25.0. The second-order valence-electron chi connectivity index (χ2n) is 8.26. The van der Waals surface area contributed by atoms with Crippen LogP contribution in [0.3, 0.4) is 0 Å². The number of urea groups is 1.